The van der Waals surface area contributed by atoms with Crippen LogP contribution in [0.3, 0.4) is 0 Å². The van der Waals surface area contributed by atoms with Crippen LogP contribution >= 0.6 is 0 Å². The SMILES string of the molecule is CCCN1CCOB(O)OCC1. The van der Waals surface area contributed by atoms with Crippen LogP contribution in [-0.2, 0) is 9.31 Å². The van der Waals surface area contributed by atoms with Crippen molar-refractivity contribution in [2.75, 3.05) is 32.8 Å². The monoisotopic (exact) mass is 173 g/mol. The van der Waals surface area contributed by atoms with E-state index in [9.17, 15) is 0 Å². The second-order valence-corrected chi connectivity index (χ2v) is 2.89. The van der Waals surface area contributed by atoms with Crippen molar-refractivity contribution in [3.8, 4) is 0 Å². The highest BCUT2D eigenvalue weighted by atomic mass is 16.7. The van der Waals surface area contributed by atoms with E-state index in [1.165, 1.54) is 0 Å². The predicted octanol–water partition coefficient (Wildman–Crippen LogP) is -0.278. The van der Waals surface area contributed by atoms with Crippen molar-refractivity contribution in [1.29, 1.82) is 0 Å². The molecule has 0 bridgehead atoms. The fourth-order valence-corrected chi connectivity index (χ4v) is 1.26. The minimum Gasteiger partial charge on any atom is -0.402 e. The van der Waals surface area contributed by atoms with Crippen molar-refractivity contribution in [2.24, 2.45) is 0 Å². The Labute approximate surface area is 73.6 Å². The number of rotatable bonds is 2. The maximum absolute atomic E-state index is 8.97. The van der Waals surface area contributed by atoms with E-state index in [0.29, 0.717) is 13.2 Å². The molecule has 0 aliphatic carbocycles. The molecule has 0 unspecified atom stereocenters. The Hall–Kier alpha value is -0.0951. The van der Waals surface area contributed by atoms with Gasteiger partial charge in [-0.3, -0.25) is 4.90 Å². The maximum atomic E-state index is 8.97. The fraction of sp³-hybridized carbons (Fsp3) is 1.00. The van der Waals surface area contributed by atoms with Crippen LogP contribution in [0.4, 0.5) is 0 Å². The zero-order valence-corrected chi connectivity index (χ0v) is 7.53. The summed E-state index contributed by atoms with van der Waals surface area (Å²) in [5.74, 6) is 0. The van der Waals surface area contributed by atoms with Gasteiger partial charge in [0, 0.05) is 26.3 Å². The first-order valence-electron chi connectivity index (χ1n) is 4.46. The summed E-state index contributed by atoms with van der Waals surface area (Å²) in [6.45, 7) is 6.07. The highest BCUT2D eigenvalue weighted by molar-refractivity contribution is 6.34. The Bertz CT molecular complexity index is 115. The second kappa shape index (κ2) is 5.53. The highest BCUT2D eigenvalue weighted by Gasteiger charge is 2.18. The molecule has 0 radical (unpaired) electrons. The minimum absolute atomic E-state index is 0.543. The molecule has 1 N–H and O–H groups in total. The van der Waals surface area contributed by atoms with Gasteiger partial charge in [-0.15, -0.1) is 0 Å². The van der Waals surface area contributed by atoms with Crippen LogP contribution in [0.1, 0.15) is 13.3 Å². The van der Waals surface area contributed by atoms with Crippen molar-refractivity contribution < 1.29 is 14.3 Å². The van der Waals surface area contributed by atoms with Crippen LogP contribution in [0.15, 0.2) is 0 Å². The van der Waals surface area contributed by atoms with Gasteiger partial charge in [-0.1, -0.05) is 6.92 Å². The second-order valence-electron chi connectivity index (χ2n) is 2.89. The minimum atomic E-state index is -1.02. The van der Waals surface area contributed by atoms with E-state index in [4.69, 9.17) is 14.3 Å². The largest absolute Gasteiger partial charge is 0.636 e. The molecule has 4 nitrogen and oxygen atoms in total. The number of nitrogens with zero attached hydrogens (tertiary/aromatic N) is 1. The van der Waals surface area contributed by atoms with E-state index in [0.717, 1.165) is 26.1 Å². The zero-order chi connectivity index (χ0) is 8.81. The molecule has 0 aromatic heterocycles. The summed E-state index contributed by atoms with van der Waals surface area (Å²) in [5, 5.41) is 8.97. The first-order chi connectivity index (χ1) is 5.83. The zero-order valence-electron chi connectivity index (χ0n) is 7.53. The molecule has 0 saturated carbocycles. The predicted molar refractivity (Wildman–Crippen MR) is 46.6 cm³/mol. The van der Waals surface area contributed by atoms with Crippen molar-refractivity contribution in [3.63, 3.8) is 0 Å². The Morgan fingerprint density at radius 3 is 2.42 bits per heavy atom. The average Bonchev–Trinajstić information content (AvgIpc) is 2.00. The summed E-state index contributed by atoms with van der Waals surface area (Å²) in [4.78, 5) is 2.27. The summed E-state index contributed by atoms with van der Waals surface area (Å²) in [5.41, 5.74) is 0. The molecule has 0 amide bonds. The molecule has 12 heavy (non-hydrogen) atoms. The lowest BCUT2D eigenvalue weighted by Gasteiger charge is -2.24. The lowest BCUT2D eigenvalue weighted by Crippen LogP contribution is -2.39. The summed E-state index contributed by atoms with van der Waals surface area (Å²) in [7, 11) is -1.02. The quantitative estimate of drug-likeness (QED) is 0.583. The van der Waals surface area contributed by atoms with Crippen molar-refractivity contribution in [1.82, 2.24) is 4.90 Å². The Morgan fingerprint density at radius 2 is 1.92 bits per heavy atom. The third-order valence-corrected chi connectivity index (χ3v) is 1.88. The molecule has 1 heterocycles. The third-order valence-electron chi connectivity index (χ3n) is 1.88. The van der Waals surface area contributed by atoms with Gasteiger partial charge in [0.25, 0.3) is 0 Å². The molecule has 1 aliphatic heterocycles. The Kier molecular flexibility index (Phi) is 4.61. The molecule has 70 valence electrons. The van der Waals surface area contributed by atoms with E-state index in [-0.39, 0.29) is 0 Å². The molecular weight excluding hydrogens is 157 g/mol. The van der Waals surface area contributed by atoms with E-state index in [1.54, 1.807) is 0 Å². The van der Waals surface area contributed by atoms with E-state index in [1.807, 2.05) is 0 Å². The van der Waals surface area contributed by atoms with Crippen LogP contribution in [-0.4, -0.2) is 50.1 Å². The summed E-state index contributed by atoms with van der Waals surface area (Å²) in [6, 6.07) is 0. The van der Waals surface area contributed by atoms with E-state index in [2.05, 4.69) is 11.8 Å². The van der Waals surface area contributed by atoms with Crippen molar-refractivity contribution >= 4 is 7.32 Å². The molecule has 1 fully saturated rings. The van der Waals surface area contributed by atoms with Gasteiger partial charge >= 0.3 is 7.32 Å². The van der Waals surface area contributed by atoms with Crippen molar-refractivity contribution in [2.45, 2.75) is 13.3 Å². The van der Waals surface area contributed by atoms with Crippen LogP contribution in [0.5, 0.6) is 0 Å². The molecule has 0 aromatic carbocycles. The van der Waals surface area contributed by atoms with Gasteiger partial charge in [0.05, 0.1) is 0 Å². The van der Waals surface area contributed by atoms with Crippen molar-refractivity contribution in [3.05, 3.63) is 0 Å². The molecule has 0 aromatic rings. The number of hydrogen-bond donors (Lipinski definition) is 1. The van der Waals surface area contributed by atoms with E-state index >= 15 is 0 Å². The maximum Gasteiger partial charge on any atom is 0.636 e. The van der Waals surface area contributed by atoms with Crippen LogP contribution < -0.4 is 0 Å². The lowest BCUT2D eigenvalue weighted by molar-refractivity contribution is 0.0743. The Morgan fingerprint density at radius 1 is 1.33 bits per heavy atom. The first-order valence-corrected chi connectivity index (χ1v) is 4.46. The van der Waals surface area contributed by atoms with E-state index < -0.39 is 7.32 Å². The van der Waals surface area contributed by atoms with Crippen LogP contribution in [0.25, 0.3) is 0 Å². The van der Waals surface area contributed by atoms with Gasteiger partial charge in [-0.25, -0.2) is 0 Å². The normalized spacial score (nSPS) is 22.0. The topological polar surface area (TPSA) is 41.9 Å². The standard InChI is InChI=1S/C7H16BNO3/c1-2-3-9-4-6-11-8(10)12-7-5-9/h10H,2-7H2,1H3. The molecule has 1 rings (SSSR count). The van der Waals surface area contributed by atoms with Gasteiger partial charge in [0.15, 0.2) is 0 Å². The van der Waals surface area contributed by atoms with Crippen LogP contribution in [0, 0.1) is 0 Å². The Balaban J connectivity index is 2.20. The van der Waals surface area contributed by atoms with Gasteiger partial charge < -0.3 is 14.3 Å². The summed E-state index contributed by atoms with van der Waals surface area (Å²) < 4.78 is 9.90. The van der Waals surface area contributed by atoms with Gasteiger partial charge in [0.2, 0.25) is 0 Å². The molecule has 0 spiro atoms. The summed E-state index contributed by atoms with van der Waals surface area (Å²) in [6.07, 6.45) is 1.14. The van der Waals surface area contributed by atoms with Gasteiger partial charge in [-0.2, -0.15) is 0 Å². The lowest BCUT2D eigenvalue weighted by atomic mass is 10.2. The number of hydrogen-bond acceptors (Lipinski definition) is 4. The summed E-state index contributed by atoms with van der Waals surface area (Å²) >= 11 is 0. The molecule has 0 atom stereocenters. The molecule has 5 heteroatoms. The molecule has 1 aliphatic rings. The van der Waals surface area contributed by atoms with Crippen LogP contribution in [0.2, 0.25) is 0 Å². The smallest absolute Gasteiger partial charge is 0.402 e. The molecular formula is C7H16BNO3. The molecule has 1 saturated heterocycles. The fourth-order valence-electron chi connectivity index (χ4n) is 1.26. The highest BCUT2D eigenvalue weighted by Crippen LogP contribution is 1.97. The first kappa shape index (κ1) is 9.99. The third kappa shape index (κ3) is 3.54. The average molecular weight is 173 g/mol. The van der Waals surface area contributed by atoms with Gasteiger partial charge in [-0.05, 0) is 13.0 Å². The van der Waals surface area contributed by atoms with Gasteiger partial charge in [0.1, 0.15) is 0 Å².